The maximum atomic E-state index is 12.4. The van der Waals surface area contributed by atoms with Crippen molar-refractivity contribution in [1.29, 1.82) is 0 Å². The molecule has 0 bridgehead atoms. The second-order valence-corrected chi connectivity index (χ2v) is 2.72. The zero-order valence-corrected chi connectivity index (χ0v) is 7.37. The summed E-state index contributed by atoms with van der Waals surface area (Å²) in [5.41, 5.74) is 10.9. The van der Waals surface area contributed by atoms with Crippen LogP contribution in [-0.4, -0.2) is 10.1 Å². The molecule has 1 aromatic rings. The van der Waals surface area contributed by atoms with Crippen molar-refractivity contribution in [3.05, 3.63) is 23.0 Å². The van der Waals surface area contributed by atoms with Crippen molar-refractivity contribution in [2.45, 2.75) is 19.6 Å². The van der Waals surface area contributed by atoms with E-state index in [4.69, 9.17) is 16.6 Å². The fourth-order valence-corrected chi connectivity index (χ4v) is 1.23. The first-order valence-electron chi connectivity index (χ1n) is 3.97. The third-order valence-corrected chi connectivity index (χ3v) is 1.93. The van der Waals surface area contributed by atoms with E-state index >= 15 is 0 Å². The van der Waals surface area contributed by atoms with Crippen molar-refractivity contribution < 1.29 is 13.9 Å². The number of pyridine rings is 1. The molecule has 0 radical (unpaired) electrons. The van der Waals surface area contributed by atoms with Crippen LogP contribution in [0.2, 0.25) is 0 Å². The number of nitrogens with two attached hydrogens (primary N) is 2. The molecule has 0 atom stereocenters. The Labute approximate surface area is 79.6 Å². The Bertz CT molecular complexity index is 331. The van der Waals surface area contributed by atoms with Crippen molar-refractivity contribution in [3.8, 4) is 0 Å². The number of hydrogen-bond donors (Lipinski definition) is 3. The lowest BCUT2D eigenvalue weighted by molar-refractivity contribution is 0.141. The summed E-state index contributed by atoms with van der Waals surface area (Å²) in [6, 6.07) is 0. The van der Waals surface area contributed by atoms with Crippen LogP contribution in [0.3, 0.4) is 0 Å². The minimum absolute atomic E-state index is 0.00394. The molecule has 0 saturated carbocycles. The Kier molecular flexibility index (Phi) is 3.32. The number of rotatable bonds is 3. The van der Waals surface area contributed by atoms with Gasteiger partial charge in [0.05, 0.1) is 18.5 Å². The van der Waals surface area contributed by atoms with E-state index in [0.717, 1.165) is 6.20 Å². The van der Waals surface area contributed by atoms with E-state index in [1.165, 1.54) is 0 Å². The summed E-state index contributed by atoms with van der Waals surface area (Å²) >= 11 is 0. The van der Waals surface area contributed by atoms with Crippen LogP contribution >= 0.6 is 0 Å². The van der Waals surface area contributed by atoms with Crippen LogP contribution in [0, 0.1) is 0 Å². The monoisotopic (exact) mass is 203 g/mol. The van der Waals surface area contributed by atoms with E-state index in [0.29, 0.717) is 5.56 Å². The minimum Gasteiger partial charge on any atom is -0.397 e. The molecule has 0 aliphatic rings. The first kappa shape index (κ1) is 10.8. The summed E-state index contributed by atoms with van der Waals surface area (Å²) in [5, 5.41) is 8.92. The van der Waals surface area contributed by atoms with E-state index < -0.39 is 18.7 Å². The van der Waals surface area contributed by atoms with E-state index in [2.05, 4.69) is 4.98 Å². The largest absolute Gasteiger partial charge is 0.397 e. The molecule has 0 saturated heterocycles. The number of aliphatic hydroxyl groups excluding tert-OH is 1. The molecule has 0 amide bonds. The molecular formula is C8H11F2N3O. The Morgan fingerprint density at radius 1 is 1.43 bits per heavy atom. The fraction of sp³-hybridized carbons (Fsp3) is 0.375. The number of anilines is 1. The minimum atomic E-state index is -2.73. The van der Waals surface area contributed by atoms with Crippen LogP contribution < -0.4 is 11.5 Å². The molecular weight excluding hydrogens is 192 g/mol. The van der Waals surface area contributed by atoms with Gasteiger partial charge in [0.25, 0.3) is 6.43 Å². The van der Waals surface area contributed by atoms with Crippen molar-refractivity contribution in [2.24, 2.45) is 5.73 Å². The quantitative estimate of drug-likeness (QED) is 0.669. The number of nitrogen functional groups attached to an aromatic ring is 1. The Hall–Kier alpha value is -1.27. The van der Waals surface area contributed by atoms with Gasteiger partial charge in [0.1, 0.15) is 5.69 Å². The van der Waals surface area contributed by atoms with Crippen LogP contribution in [0.15, 0.2) is 6.20 Å². The Balaban J connectivity index is 3.33. The SMILES string of the molecule is NCc1c(N)cnc(C(F)F)c1CO. The Morgan fingerprint density at radius 2 is 2.07 bits per heavy atom. The molecule has 4 nitrogen and oxygen atoms in total. The standard InChI is InChI=1S/C8H11F2N3O/c9-8(10)7-5(3-14)4(1-11)6(12)2-13-7/h2,8,14H,1,3,11-12H2. The predicted molar refractivity (Wildman–Crippen MR) is 47.4 cm³/mol. The summed E-state index contributed by atoms with van der Waals surface area (Å²) in [4.78, 5) is 3.47. The van der Waals surface area contributed by atoms with E-state index in [9.17, 15) is 8.78 Å². The summed E-state index contributed by atoms with van der Waals surface area (Å²) in [6.45, 7) is -0.534. The molecule has 0 aromatic carbocycles. The molecule has 78 valence electrons. The number of aromatic nitrogens is 1. The van der Waals surface area contributed by atoms with Gasteiger partial charge in [0.2, 0.25) is 0 Å². The first-order valence-corrected chi connectivity index (χ1v) is 3.97. The Morgan fingerprint density at radius 3 is 2.50 bits per heavy atom. The lowest BCUT2D eigenvalue weighted by Gasteiger charge is -2.12. The van der Waals surface area contributed by atoms with Crippen LogP contribution in [-0.2, 0) is 13.2 Å². The van der Waals surface area contributed by atoms with Gasteiger partial charge in [-0.2, -0.15) is 0 Å². The van der Waals surface area contributed by atoms with Gasteiger partial charge < -0.3 is 16.6 Å². The highest BCUT2D eigenvalue weighted by Crippen LogP contribution is 2.26. The second-order valence-electron chi connectivity index (χ2n) is 2.72. The smallest absolute Gasteiger partial charge is 0.280 e. The van der Waals surface area contributed by atoms with Crippen molar-refractivity contribution in [2.75, 3.05) is 5.73 Å². The van der Waals surface area contributed by atoms with Gasteiger partial charge in [-0.3, -0.25) is 4.98 Å². The molecule has 0 aliphatic carbocycles. The molecule has 0 fully saturated rings. The first-order chi connectivity index (χ1) is 6.61. The number of alkyl halides is 2. The zero-order valence-electron chi connectivity index (χ0n) is 7.37. The van der Waals surface area contributed by atoms with Gasteiger partial charge in [-0.05, 0) is 5.56 Å². The van der Waals surface area contributed by atoms with Gasteiger partial charge in [-0.1, -0.05) is 0 Å². The summed E-state index contributed by atoms with van der Waals surface area (Å²) in [7, 11) is 0. The normalized spacial score (nSPS) is 10.9. The molecule has 0 aliphatic heterocycles. The molecule has 0 spiro atoms. The van der Waals surface area contributed by atoms with Gasteiger partial charge >= 0.3 is 0 Å². The summed E-state index contributed by atoms with van der Waals surface area (Å²) in [5.74, 6) is 0. The topological polar surface area (TPSA) is 85.2 Å². The van der Waals surface area contributed by atoms with E-state index in [1.807, 2.05) is 0 Å². The van der Waals surface area contributed by atoms with Crippen molar-refractivity contribution in [1.82, 2.24) is 4.98 Å². The third kappa shape index (κ3) is 1.80. The number of nitrogens with zero attached hydrogens (tertiary/aromatic N) is 1. The van der Waals surface area contributed by atoms with Crippen LogP contribution in [0.25, 0.3) is 0 Å². The highest BCUT2D eigenvalue weighted by atomic mass is 19.3. The lowest BCUT2D eigenvalue weighted by atomic mass is 10.1. The highest BCUT2D eigenvalue weighted by Gasteiger charge is 2.18. The zero-order chi connectivity index (χ0) is 10.7. The predicted octanol–water partition coefficient (Wildman–Crippen LogP) is 0.552. The van der Waals surface area contributed by atoms with Crippen LogP contribution in [0.1, 0.15) is 23.2 Å². The number of halogens is 2. The van der Waals surface area contributed by atoms with Gasteiger partial charge in [0, 0.05) is 12.1 Å². The maximum Gasteiger partial charge on any atom is 0.280 e. The van der Waals surface area contributed by atoms with Crippen molar-refractivity contribution in [3.63, 3.8) is 0 Å². The number of hydrogen-bond acceptors (Lipinski definition) is 4. The molecule has 6 heteroatoms. The third-order valence-electron chi connectivity index (χ3n) is 1.93. The highest BCUT2D eigenvalue weighted by molar-refractivity contribution is 5.50. The van der Waals surface area contributed by atoms with Crippen molar-refractivity contribution >= 4 is 5.69 Å². The molecule has 14 heavy (non-hydrogen) atoms. The van der Waals surface area contributed by atoms with Gasteiger partial charge in [-0.25, -0.2) is 8.78 Å². The van der Waals surface area contributed by atoms with E-state index in [-0.39, 0.29) is 17.8 Å². The molecule has 1 aromatic heterocycles. The molecule has 0 unspecified atom stereocenters. The number of aliphatic hydroxyl groups is 1. The molecule has 1 heterocycles. The van der Waals surface area contributed by atoms with Gasteiger partial charge in [0.15, 0.2) is 0 Å². The van der Waals surface area contributed by atoms with Crippen LogP contribution in [0.4, 0.5) is 14.5 Å². The van der Waals surface area contributed by atoms with Gasteiger partial charge in [-0.15, -0.1) is 0 Å². The average Bonchev–Trinajstić information content (AvgIpc) is 2.16. The second kappa shape index (κ2) is 4.30. The summed E-state index contributed by atoms with van der Waals surface area (Å²) < 4.78 is 24.8. The molecule has 1 rings (SSSR count). The summed E-state index contributed by atoms with van der Waals surface area (Å²) in [6.07, 6.45) is -1.61. The fourth-order valence-electron chi connectivity index (χ4n) is 1.23. The average molecular weight is 203 g/mol. The van der Waals surface area contributed by atoms with Crippen LogP contribution in [0.5, 0.6) is 0 Å². The maximum absolute atomic E-state index is 12.4. The van der Waals surface area contributed by atoms with E-state index in [1.54, 1.807) is 0 Å². The lowest BCUT2D eigenvalue weighted by Crippen LogP contribution is -2.10. The molecule has 5 N–H and O–H groups in total.